The number of hydrazone groups is 1. The third-order valence-corrected chi connectivity index (χ3v) is 5.53. The predicted octanol–water partition coefficient (Wildman–Crippen LogP) is 1.63. The summed E-state index contributed by atoms with van der Waals surface area (Å²) in [6.45, 7) is 3.98. The highest BCUT2D eigenvalue weighted by Crippen LogP contribution is 2.26. The predicted molar refractivity (Wildman–Crippen MR) is 128 cm³/mol. The number of carbonyl (C=O) groups is 1. The first-order chi connectivity index (χ1) is 16.7. The Morgan fingerprint density at radius 3 is 2.59 bits per heavy atom. The van der Waals surface area contributed by atoms with Crippen molar-refractivity contribution >= 4 is 30.1 Å². The SMILES string of the molecule is Cc1c(/C=N\NC=O)nc(N2CCCCCC2)nc1Nc1ccc(-c2nnn(CCO)n2)cc1. The maximum atomic E-state index is 10.6. The number of aliphatic hydroxyl groups is 1. The Labute approximate surface area is 197 Å². The Morgan fingerprint density at radius 1 is 1.12 bits per heavy atom. The number of hydrogen-bond donors (Lipinski definition) is 3. The van der Waals surface area contributed by atoms with E-state index in [9.17, 15) is 4.79 Å². The molecule has 1 aliphatic rings. The van der Waals surface area contributed by atoms with Crippen molar-refractivity contribution in [1.82, 2.24) is 35.6 Å². The van der Waals surface area contributed by atoms with Gasteiger partial charge in [-0.1, -0.05) is 12.8 Å². The van der Waals surface area contributed by atoms with E-state index < -0.39 is 0 Å². The number of hydrogen-bond acceptors (Lipinski definition) is 10. The van der Waals surface area contributed by atoms with Crippen molar-refractivity contribution in [1.29, 1.82) is 0 Å². The van der Waals surface area contributed by atoms with E-state index in [0.29, 0.717) is 36.2 Å². The van der Waals surface area contributed by atoms with Crippen LogP contribution in [0, 0.1) is 6.92 Å². The van der Waals surface area contributed by atoms with Crippen LogP contribution in [-0.4, -0.2) is 67.6 Å². The molecule has 0 spiro atoms. The fourth-order valence-corrected chi connectivity index (χ4v) is 3.69. The van der Waals surface area contributed by atoms with Gasteiger partial charge in [-0.25, -0.2) is 10.4 Å². The molecule has 178 valence electrons. The molecule has 0 unspecified atom stereocenters. The van der Waals surface area contributed by atoms with Crippen LogP contribution < -0.4 is 15.6 Å². The molecule has 3 aromatic rings. The average Bonchev–Trinajstić information content (AvgIpc) is 3.14. The minimum absolute atomic E-state index is 0.0474. The molecule has 0 atom stereocenters. The molecular weight excluding hydrogens is 436 g/mol. The number of carbonyl (C=O) groups excluding carboxylic acids is 1. The van der Waals surface area contributed by atoms with Crippen molar-refractivity contribution in [3.8, 4) is 11.4 Å². The first-order valence-electron chi connectivity index (χ1n) is 11.3. The van der Waals surface area contributed by atoms with Crippen molar-refractivity contribution in [3.63, 3.8) is 0 Å². The fraction of sp³-hybridized carbons (Fsp3) is 0.409. The summed E-state index contributed by atoms with van der Waals surface area (Å²) in [5, 5.41) is 28.5. The third-order valence-electron chi connectivity index (χ3n) is 5.53. The molecule has 1 aliphatic heterocycles. The van der Waals surface area contributed by atoms with Crippen molar-refractivity contribution in [2.75, 3.05) is 29.9 Å². The van der Waals surface area contributed by atoms with Gasteiger partial charge in [-0.15, -0.1) is 10.2 Å². The van der Waals surface area contributed by atoms with Crippen molar-refractivity contribution in [3.05, 3.63) is 35.5 Å². The van der Waals surface area contributed by atoms with Gasteiger partial charge in [-0.2, -0.15) is 14.9 Å². The van der Waals surface area contributed by atoms with Crippen molar-refractivity contribution in [2.24, 2.45) is 5.10 Å². The molecule has 1 amide bonds. The number of amides is 1. The number of aromatic nitrogens is 6. The highest BCUT2D eigenvalue weighted by molar-refractivity contribution is 5.83. The number of tetrazole rings is 1. The number of aliphatic hydroxyl groups excluding tert-OH is 1. The van der Waals surface area contributed by atoms with Crippen molar-refractivity contribution < 1.29 is 9.90 Å². The number of nitrogens with zero attached hydrogens (tertiary/aromatic N) is 8. The van der Waals surface area contributed by atoms with E-state index in [4.69, 9.17) is 15.1 Å². The molecule has 34 heavy (non-hydrogen) atoms. The molecular formula is C22H28N10O2. The fourth-order valence-electron chi connectivity index (χ4n) is 3.69. The van der Waals surface area contributed by atoms with Gasteiger partial charge in [0.1, 0.15) is 5.82 Å². The molecule has 1 aromatic carbocycles. The van der Waals surface area contributed by atoms with Crippen LogP contribution in [0.15, 0.2) is 29.4 Å². The van der Waals surface area contributed by atoms with E-state index in [1.807, 2.05) is 31.2 Å². The van der Waals surface area contributed by atoms with Gasteiger partial charge >= 0.3 is 0 Å². The molecule has 1 saturated heterocycles. The summed E-state index contributed by atoms with van der Waals surface area (Å²) < 4.78 is 0. The summed E-state index contributed by atoms with van der Waals surface area (Å²) in [6, 6.07) is 7.62. The van der Waals surface area contributed by atoms with E-state index in [1.165, 1.54) is 23.9 Å². The zero-order valence-corrected chi connectivity index (χ0v) is 19.1. The molecule has 0 aliphatic carbocycles. The summed E-state index contributed by atoms with van der Waals surface area (Å²) in [4.78, 5) is 23.7. The second-order valence-corrected chi connectivity index (χ2v) is 7.92. The largest absolute Gasteiger partial charge is 0.394 e. The van der Waals surface area contributed by atoms with Gasteiger partial charge in [-0.3, -0.25) is 4.79 Å². The van der Waals surface area contributed by atoms with Crippen LogP contribution in [0.3, 0.4) is 0 Å². The summed E-state index contributed by atoms with van der Waals surface area (Å²) in [5.74, 6) is 1.80. The summed E-state index contributed by atoms with van der Waals surface area (Å²) in [7, 11) is 0. The number of rotatable bonds is 9. The second kappa shape index (κ2) is 11.3. The molecule has 12 nitrogen and oxygen atoms in total. The number of anilines is 3. The van der Waals surface area contributed by atoms with Gasteiger partial charge in [0, 0.05) is 29.9 Å². The minimum Gasteiger partial charge on any atom is -0.394 e. The molecule has 2 aromatic heterocycles. The minimum atomic E-state index is -0.0474. The zero-order valence-electron chi connectivity index (χ0n) is 19.1. The maximum Gasteiger partial charge on any atom is 0.227 e. The van der Waals surface area contributed by atoms with Gasteiger partial charge in [0.15, 0.2) is 0 Å². The normalized spacial score (nSPS) is 14.2. The zero-order chi connectivity index (χ0) is 23.8. The van der Waals surface area contributed by atoms with Crippen LogP contribution in [0.1, 0.15) is 36.9 Å². The second-order valence-electron chi connectivity index (χ2n) is 7.92. The molecule has 1 fully saturated rings. The van der Waals surface area contributed by atoms with Gasteiger partial charge < -0.3 is 15.3 Å². The lowest BCUT2D eigenvalue weighted by Crippen LogP contribution is -2.27. The molecule has 0 saturated carbocycles. The van der Waals surface area contributed by atoms with Gasteiger partial charge in [-0.05, 0) is 49.2 Å². The number of nitrogens with one attached hydrogen (secondary N) is 2. The van der Waals surface area contributed by atoms with Crippen LogP contribution in [0.25, 0.3) is 11.4 Å². The Morgan fingerprint density at radius 2 is 1.88 bits per heavy atom. The van der Waals surface area contributed by atoms with E-state index in [2.05, 4.69) is 36.2 Å². The first kappa shape index (κ1) is 23.2. The van der Waals surface area contributed by atoms with E-state index >= 15 is 0 Å². The topological polar surface area (TPSA) is 146 Å². The summed E-state index contributed by atoms with van der Waals surface area (Å²) >= 11 is 0. The van der Waals surface area contributed by atoms with E-state index in [0.717, 1.165) is 42.7 Å². The van der Waals surface area contributed by atoms with E-state index in [1.54, 1.807) is 0 Å². The maximum absolute atomic E-state index is 10.6. The van der Waals surface area contributed by atoms with Gasteiger partial charge in [0.2, 0.25) is 18.2 Å². The smallest absolute Gasteiger partial charge is 0.227 e. The van der Waals surface area contributed by atoms with Gasteiger partial charge in [0.05, 0.1) is 25.1 Å². The van der Waals surface area contributed by atoms with Crippen LogP contribution in [0.2, 0.25) is 0 Å². The Kier molecular flexibility index (Phi) is 7.71. The van der Waals surface area contributed by atoms with Crippen LogP contribution in [0.4, 0.5) is 17.5 Å². The molecule has 3 heterocycles. The Balaban J connectivity index is 1.59. The molecule has 3 N–H and O–H groups in total. The molecule has 12 heteroatoms. The van der Waals surface area contributed by atoms with E-state index in [-0.39, 0.29) is 6.61 Å². The Bertz CT molecular complexity index is 1120. The van der Waals surface area contributed by atoms with Crippen LogP contribution >= 0.6 is 0 Å². The summed E-state index contributed by atoms with van der Waals surface area (Å²) in [6.07, 6.45) is 6.67. The quantitative estimate of drug-likeness (QED) is 0.244. The summed E-state index contributed by atoms with van der Waals surface area (Å²) in [5.41, 5.74) is 5.39. The highest BCUT2D eigenvalue weighted by atomic mass is 16.3. The average molecular weight is 465 g/mol. The van der Waals surface area contributed by atoms with Crippen molar-refractivity contribution in [2.45, 2.75) is 39.2 Å². The molecule has 0 bridgehead atoms. The first-order valence-corrected chi connectivity index (χ1v) is 11.3. The monoisotopic (exact) mass is 464 g/mol. The number of benzene rings is 1. The van der Waals surface area contributed by atoms with Gasteiger partial charge in [0.25, 0.3) is 0 Å². The lowest BCUT2D eigenvalue weighted by Gasteiger charge is -2.22. The highest BCUT2D eigenvalue weighted by Gasteiger charge is 2.17. The third kappa shape index (κ3) is 5.70. The van der Waals surface area contributed by atoms with Crippen LogP contribution in [-0.2, 0) is 11.3 Å². The Hall–Kier alpha value is -3.93. The molecule has 0 radical (unpaired) electrons. The lowest BCUT2D eigenvalue weighted by molar-refractivity contribution is -0.109. The standard InChI is InChI=1S/C22H28N10O2/c1-16-19(14-23-24-15-34)26-22(31-10-4-2-3-5-11-31)27-20(16)25-18-8-6-17(7-9-18)21-28-30-32(29-21)12-13-33/h6-9,14-15,33H,2-5,10-13H2,1H3,(H,24,34)(H,25,26,27)/b23-14-. The molecule has 4 rings (SSSR count). The lowest BCUT2D eigenvalue weighted by atomic mass is 10.2. The van der Waals surface area contributed by atoms with Crippen LogP contribution in [0.5, 0.6) is 0 Å².